The molecule has 2 heterocycles. The summed E-state index contributed by atoms with van der Waals surface area (Å²) in [6.07, 6.45) is 14.7. The molecular weight excluding hydrogens is 556 g/mol. The Morgan fingerprint density at radius 3 is 1.89 bits per heavy atom. The molecule has 2 aliphatic carbocycles. The highest BCUT2D eigenvalue weighted by Gasteiger charge is 2.20. The van der Waals surface area contributed by atoms with E-state index in [9.17, 15) is 0 Å². The van der Waals surface area contributed by atoms with Gasteiger partial charge in [0.05, 0.1) is 22.1 Å². The van der Waals surface area contributed by atoms with Crippen LogP contribution < -0.4 is 0 Å². The van der Waals surface area contributed by atoms with Crippen molar-refractivity contribution in [3.05, 3.63) is 169 Å². The Bertz CT molecular complexity index is 2670. The van der Waals surface area contributed by atoms with E-state index in [2.05, 4.69) is 173 Å². The van der Waals surface area contributed by atoms with Crippen molar-refractivity contribution in [3.8, 4) is 16.8 Å². The van der Waals surface area contributed by atoms with Crippen molar-refractivity contribution in [1.29, 1.82) is 0 Å². The van der Waals surface area contributed by atoms with Crippen LogP contribution in [0.1, 0.15) is 6.42 Å². The molecule has 1 unspecified atom stereocenters. The minimum absolute atomic E-state index is 0.482. The summed E-state index contributed by atoms with van der Waals surface area (Å²) in [4.78, 5) is 0. The smallest absolute Gasteiger partial charge is 0.0541 e. The first kappa shape index (κ1) is 25.5. The highest BCUT2D eigenvalue weighted by molar-refractivity contribution is 6.13. The van der Waals surface area contributed by atoms with E-state index < -0.39 is 0 Å². The van der Waals surface area contributed by atoms with E-state index >= 15 is 0 Å². The highest BCUT2D eigenvalue weighted by Crippen LogP contribution is 2.40. The Morgan fingerprint density at radius 1 is 0.500 bits per heavy atom. The summed E-state index contributed by atoms with van der Waals surface area (Å²) < 4.78 is 4.86. The summed E-state index contributed by atoms with van der Waals surface area (Å²) in [5, 5.41) is 7.62. The predicted molar refractivity (Wildman–Crippen MR) is 195 cm³/mol. The molecule has 0 aliphatic heterocycles. The number of benzene rings is 6. The normalized spacial score (nSPS) is 16.0. The molecule has 2 aliphatic rings. The SMILES string of the molecule is C1=CC2=CC(n3c4ccccc4c4cc(-c5ccc6c(c5)c5ccccc5n6-c5ccc6ccccc6c5)ccc43)=CCC2C=C1. The van der Waals surface area contributed by atoms with Gasteiger partial charge in [0.15, 0.2) is 0 Å². The van der Waals surface area contributed by atoms with Gasteiger partial charge < -0.3 is 9.13 Å². The van der Waals surface area contributed by atoms with Gasteiger partial charge in [0.1, 0.15) is 0 Å². The molecule has 0 N–H and O–H groups in total. The number of nitrogens with zero attached hydrogens (tertiary/aromatic N) is 2. The van der Waals surface area contributed by atoms with E-state index in [0.29, 0.717) is 5.92 Å². The van der Waals surface area contributed by atoms with E-state index in [4.69, 9.17) is 0 Å². The molecule has 0 fully saturated rings. The number of hydrogen-bond acceptors (Lipinski definition) is 0. The van der Waals surface area contributed by atoms with Crippen LogP contribution in [-0.2, 0) is 0 Å². The monoisotopic (exact) mass is 586 g/mol. The Labute approximate surface area is 267 Å². The van der Waals surface area contributed by atoms with E-state index in [0.717, 1.165) is 6.42 Å². The average Bonchev–Trinajstić information content (AvgIpc) is 3.63. The second-order valence-corrected chi connectivity index (χ2v) is 12.6. The van der Waals surface area contributed by atoms with Gasteiger partial charge in [0.2, 0.25) is 0 Å². The fourth-order valence-electron chi connectivity index (χ4n) is 7.78. The van der Waals surface area contributed by atoms with Crippen LogP contribution in [0, 0.1) is 5.92 Å². The number of rotatable bonds is 3. The maximum Gasteiger partial charge on any atom is 0.0541 e. The van der Waals surface area contributed by atoms with Crippen LogP contribution in [0.4, 0.5) is 0 Å². The first-order chi connectivity index (χ1) is 22.8. The van der Waals surface area contributed by atoms with Crippen molar-refractivity contribution in [2.24, 2.45) is 5.92 Å². The van der Waals surface area contributed by atoms with Crippen LogP contribution in [-0.4, -0.2) is 9.13 Å². The number of hydrogen-bond donors (Lipinski definition) is 0. The Morgan fingerprint density at radius 2 is 1.13 bits per heavy atom. The van der Waals surface area contributed by atoms with Crippen molar-refractivity contribution in [2.75, 3.05) is 0 Å². The summed E-state index contributed by atoms with van der Waals surface area (Å²) in [5.41, 5.74) is 11.2. The third-order valence-electron chi connectivity index (χ3n) is 9.99. The molecule has 0 bridgehead atoms. The van der Waals surface area contributed by atoms with Crippen LogP contribution in [0.3, 0.4) is 0 Å². The molecule has 0 amide bonds. The molecule has 46 heavy (non-hydrogen) atoms. The fourth-order valence-corrected chi connectivity index (χ4v) is 7.78. The van der Waals surface area contributed by atoms with Gasteiger partial charge in [0, 0.05) is 38.8 Å². The lowest BCUT2D eigenvalue weighted by atomic mass is 9.87. The third-order valence-corrected chi connectivity index (χ3v) is 9.99. The average molecular weight is 587 g/mol. The number of aromatic nitrogens is 2. The second-order valence-electron chi connectivity index (χ2n) is 12.6. The zero-order valence-corrected chi connectivity index (χ0v) is 25.3. The van der Waals surface area contributed by atoms with Gasteiger partial charge in [-0.15, -0.1) is 0 Å². The molecule has 0 radical (unpaired) electrons. The van der Waals surface area contributed by atoms with Gasteiger partial charge in [-0.2, -0.15) is 0 Å². The Balaban J connectivity index is 1.14. The lowest BCUT2D eigenvalue weighted by Crippen LogP contribution is -2.08. The maximum absolute atomic E-state index is 2.45. The summed E-state index contributed by atoms with van der Waals surface area (Å²) in [6.45, 7) is 0. The molecule has 0 saturated heterocycles. The Hall–Kier alpha value is -5.86. The molecule has 1 atom stereocenters. The lowest BCUT2D eigenvalue weighted by Gasteiger charge is -2.22. The number of allylic oxidation sites excluding steroid dienone is 8. The van der Waals surface area contributed by atoms with E-state index in [-0.39, 0.29) is 0 Å². The number of fused-ring (bicyclic) bond motifs is 8. The fraction of sp³-hybridized carbons (Fsp3) is 0.0455. The zero-order chi connectivity index (χ0) is 30.2. The van der Waals surface area contributed by atoms with Gasteiger partial charge in [0.25, 0.3) is 0 Å². The number of para-hydroxylation sites is 2. The maximum atomic E-state index is 2.45. The molecule has 6 aromatic carbocycles. The van der Waals surface area contributed by atoms with Crippen LogP contribution in [0.15, 0.2) is 169 Å². The van der Waals surface area contributed by atoms with Crippen molar-refractivity contribution >= 4 is 60.1 Å². The summed E-state index contributed by atoms with van der Waals surface area (Å²) in [5.74, 6) is 0.482. The molecule has 0 spiro atoms. The van der Waals surface area contributed by atoms with Crippen molar-refractivity contribution in [3.63, 3.8) is 0 Å². The molecule has 0 saturated carbocycles. The molecule has 2 heteroatoms. The highest BCUT2D eigenvalue weighted by atomic mass is 15.0. The van der Waals surface area contributed by atoms with E-state index in [1.165, 1.54) is 82.5 Å². The minimum atomic E-state index is 0.482. The first-order valence-corrected chi connectivity index (χ1v) is 16.1. The third kappa shape index (κ3) is 3.77. The van der Waals surface area contributed by atoms with Gasteiger partial charge >= 0.3 is 0 Å². The molecular formula is C44H30N2. The molecule has 8 aromatic rings. The summed E-state index contributed by atoms with van der Waals surface area (Å²) in [6, 6.07) is 46.9. The molecule has 10 rings (SSSR count). The summed E-state index contributed by atoms with van der Waals surface area (Å²) in [7, 11) is 0. The van der Waals surface area contributed by atoms with Crippen LogP contribution in [0.25, 0.3) is 76.9 Å². The molecule has 2 nitrogen and oxygen atoms in total. The van der Waals surface area contributed by atoms with Crippen molar-refractivity contribution < 1.29 is 0 Å². The van der Waals surface area contributed by atoms with Crippen LogP contribution in [0.5, 0.6) is 0 Å². The van der Waals surface area contributed by atoms with Gasteiger partial charge in [-0.1, -0.05) is 109 Å². The molecule has 216 valence electrons. The zero-order valence-electron chi connectivity index (χ0n) is 25.3. The second kappa shape index (κ2) is 9.82. The standard InChI is InChI=1S/C44H30N2/c1-3-11-31-25-35(21-17-29(31)9-1)45-41-15-7-5-13-37(41)39-27-33(19-23-43(39)45)34-20-24-44-40(28-34)38-14-6-8-16-42(38)46(44)36-22-18-30-10-2-4-12-32(30)26-36/h1-17,19-28,30H,18H2. The van der Waals surface area contributed by atoms with E-state index in [1.54, 1.807) is 0 Å². The van der Waals surface area contributed by atoms with Crippen LogP contribution in [0.2, 0.25) is 0 Å². The predicted octanol–water partition coefficient (Wildman–Crippen LogP) is 11.6. The lowest BCUT2D eigenvalue weighted by molar-refractivity contribution is 0.777. The van der Waals surface area contributed by atoms with Crippen LogP contribution >= 0.6 is 0 Å². The van der Waals surface area contributed by atoms with E-state index in [1.807, 2.05) is 0 Å². The van der Waals surface area contributed by atoms with Gasteiger partial charge in [-0.3, -0.25) is 0 Å². The van der Waals surface area contributed by atoms with Gasteiger partial charge in [-0.05, 0) is 88.5 Å². The van der Waals surface area contributed by atoms with Gasteiger partial charge in [-0.25, -0.2) is 0 Å². The Kier molecular flexibility index (Phi) is 5.44. The molecule has 2 aromatic heterocycles. The van der Waals surface area contributed by atoms with Crippen molar-refractivity contribution in [1.82, 2.24) is 9.13 Å². The quantitative estimate of drug-likeness (QED) is 0.195. The minimum Gasteiger partial charge on any atom is -0.310 e. The van der Waals surface area contributed by atoms with Crippen molar-refractivity contribution in [2.45, 2.75) is 6.42 Å². The topological polar surface area (TPSA) is 9.86 Å². The summed E-state index contributed by atoms with van der Waals surface area (Å²) >= 11 is 0. The first-order valence-electron chi connectivity index (χ1n) is 16.1. The largest absolute Gasteiger partial charge is 0.310 e.